The Morgan fingerprint density at radius 3 is 2.23 bits per heavy atom. The van der Waals surface area contributed by atoms with Crippen LogP contribution in [0.5, 0.6) is 0 Å². The zero-order valence-corrected chi connectivity index (χ0v) is 17.0. The molecule has 0 amide bonds. The van der Waals surface area contributed by atoms with Crippen LogP contribution < -0.4 is 0 Å². The molecule has 0 aliphatic heterocycles. The highest BCUT2D eigenvalue weighted by Crippen LogP contribution is 2.37. The van der Waals surface area contributed by atoms with Gasteiger partial charge in [0.05, 0.1) is 23.3 Å². The number of hydrogen-bond acceptors (Lipinski definition) is 3. The number of rotatable bonds is 3. The second-order valence-corrected chi connectivity index (χ2v) is 7.23. The molecule has 0 bridgehead atoms. The molecular formula is C22H20F3N3O2. The SMILES string of the molecule is CCOC(=O)c1c(C(F)(F)F)nc2n(-c3c(C)cc(C)cc3C)c3ccccc3n12. The Hall–Kier alpha value is -3.29. The van der Waals surface area contributed by atoms with Gasteiger partial charge in [-0.2, -0.15) is 13.2 Å². The number of imidazole rings is 2. The Labute approximate surface area is 170 Å². The maximum atomic E-state index is 13.8. The first-order valence-electron chi connectivity index (χ1n) is 9.49. The largest absolute Gasteiger partial charge is 0.461 e. The van der Waals surface area contributed by atoms with Gasteiger partial charge >= 0.3 is 12.1 Å². The molecule has 0 N–H and O–H groups in total. The van der Waals surface area contributed by atoms with Crippen LogP contribution in [0.2, 0.25) is 0 Å². The molecule has 0 aliphatic carbocycles. The second-order valence-electron chi connectivity index (χ2n) is 7.23. The number of benzene rings is 2. The molecule has 0 unspecified atom stereocenters. The number of esters is 1. The molecule has 5 nitrogen and oxygen atoms in total. The number of aryl methyl sites for hydroxylation is 3. The summed E-state index contributed by atoms with van der Waals surface area (Å²) in [5, 5.41) is 0. The maximum Gasteiger partial charge on any atom is 0.435 e. The van der Waals surface area contributed by atoms with Gasteiger partial charge in [0.15, 0.2) is 11.4 Å². The van der Waals surface area contributed by atoms with Crippen LogP contribution in [0.25, 0.3) is 22.5 Å². The molecule has 0 aliphatic rings. The summed E-state index contributed by atoms with van der Waals surface area (Å²) in [5.74, 6) is -1.04. The van der Waals surface area contributed by atoms with E-state index in [4.69, 9.17) is 4.74 Å². The maximum absolute atomic E-state index is 13.8. The van der Waals surface area contributed by atoms with Crippen molar-refractivity contribution in [2.75, 3.05) is 6.61 Å². The number of ether oxygens (including phenoxy) is 1. The van der Waals surface area contributed by atoms with E-state index in [1.807, 2.05) is 32.9 Å². The van der Waals surface area contributed by atoms with Crippen molar-refractivity contribution in [1.82, 2.24) is 14.0 Å². The zero-order chi connectivity index (χ0) is 21.8. The molecule has 156 valence electrons. The van der Waals surface area contributed by atoms with Gasteiger partial charge in [0.2, 0.25) is 5.78 Å². The second kappa shape index (κ2) is 6.90. The molecule has 4 aromatic rings. The predicted octanol–water partition coefficient (Wildman–Crippen LogP) is 5.40. The standard InChI is InChI=1S/C22H20F3N3O2/c1-5-30-20(29)18-19(22(23,24)25)26-21-27(15-8-6-7-9-16(15)28(18)21)17-13(3)10-12(2)11-14(17)4/h6-11H,5H2,1-4H3. The smallest absolute Gasteiger partial charge is 0.435 e. The fraction of sp³-hybridized carbons (Fsp3) is 0.273. The van der Waals surface area contributed by atoms with Gasteiger partial charge in [-0.25, -0.2) is 9.78 Å². The van der Waals surface area contributed by atoms with Crippen LogP contribution in [0.15, 0.2) is 36.4 Å². The van der Waals surface area contributed by atoms with Gasteiger partial charge in [0.1, 0.15) is 0 Å². The van der Waals surface area contributed by atoms with Gasteiger partial charge in [-0.1, -0.05) is 29.8 Å². The molecule has 2 aromatic carbocycles. The fourth-order valence-corrected chi connectivity index (χ4v) is 4.07. The van der Waals surface area contributed by atoms with Crippen molar-refractivity contribution < 1.29 is 22.7 Å². The Balaban J connectivity index is 2.21. The van der Waals surface area contributed by atoms with Gasteiger partial charge in [0.25, 0.3) is 0 Å². The van der Waals surface area contributed by atoms with E-state index in [-0.39, 0.29) is 12.4 Å². The van der Waals surface area contributed by atoms with E-state index in [2.05, 4.69) is 4.98 Å². The molecule has 0 saturated heterocycles. The zero-order valence-electron chi connectivity index (χ0n) is 17.0. The van der Waals surface area contributed by atoms with Crippen LogP contribution in [0.4, 0.5) is 13.2 Å². The van der Waals surface area contributed by atoms with E-state index in [9.17, 15) is 18.0 Å². The van der Waals surface area contributed by atoms with Crippen molar-refractivity contribution in [3.63, 3.8) is 0 Å². The molecule has 0 fully saturated rings. The summed E-state index contributed by atoms with van der Waals surface area (Å²) in [4.78, 5) is 16.5. The number of hydrogen-bond donors (Lipinski definition) is 0. The van der Waals surface area contributed by atoms with Crippen molar-refractivity contribution in [2.24, 2.45) is 0 Å². The Morgan fingerprint density at radius 2 is 1.67 bits per heavy atom. The van der Waals surface area contributed by atoms with E-state index in [0.29, 0.717) is 11.0 Å². The molecule has 0 saturated carbocycles. The lowest BCUT2D eigenvalue weighted by Gasteiger charge is -2.14. The first kappa shape index (κ1) is 20.0. The highest BCUT2D eigenvalue weighted by atomic mass is 19.4. The van der Waals surface area contributed by atoms with Gasteiger partial charge in [0, 0.05) is 0 Å². The number of carbonyl (C=O) groups is 1. The first-order chi connectivity index (χ1) is 14.1. The molecule has 0 spiro atoms. The number of para-hydroxylation sites is 2. The van der Waals surface area contributed by atoms with Crippen LogP contribution in [0, 0.1) is 20.8 Å². The van der Waals surface area contributed by atoms with Crippen molar-refractivity contribution >= 4 is 22.8 Å². The monoisotopic (exact) mass is 415 g/mol. The average molecular weight is 415 g/mol. The van der Waals surface area contributed by atoms with Gasteiger partial charge in [-0.3, -0.25) is 8.97 Å². The summed E-state index contributed by atoms with van der Waals surface area (Å²) in [5.41, 5.74) is 2.80. The molecule has 0 atom stereocenters. The highest BCUT2D eigenvalue weighted by molar-refractivity contribution is 5.95. The summed E-state index contributed by atoms with van der Waals surface area (Å²) < 4.78 is 49.3. The van der Waals surface area contributed by atoms with E-state index >= 15 is 0 Å². The van der Waals surface area contributed by atoms with Crippen molar-refractivity contribution in [3.8, 4) is 5.69 Å². The topological polar surface area (TPSA) is 48.5 Å². The predicted molar refractivity (Wildman–Crippen MR) is 107 cm³/mol. The third-order valence-electron chi connectivity index (χ3n) is 5.02. The third kappa shape index (κ3) is 2.94. The first-order valence-corrected chi connectivity index (χ1v) is 9.49. The molecule has 0 radical (unpaired) electrons. The van der Waals surface area contributed by atoms with E-state index in [1.165, 1.54) is 4.40 Å². The number of halogens is 3. The number of alkyl halides is 3. The van der Waals surface area contributed by atoms with Crippen LogP contribution in [0.3, 0.4) is 0 Å². The lowest BCUT2D eigenvalue weighted by molar-refractivity contribution is -0.141. The van der Waals surface area contributed by atoms with Crippen molar-refractivity contribution in [3.05, 3.63) is 64.5 Å². The minimum absolute atomic E-state index is 0.0154. The summed E-state index contributed by atoms with van der Waals surface area (Å²) in [6.07, 6.45) is -4.81. The molecule has 8 heteroatoms. The average Bonchev–Trinajstić information content (AvgIpc) is 3.17. The normalized spacial score (nSPS) is 12.1. The van der Waals surface area contributed by atoms with Gasteiger partial charge in [-0.05, 0) is 51.0 Å². The van der Waals surface area contributed by atoms with Crippen LogP contribution in [-0.4, -0.2) is 26.5 Å². The molecular weight excluding hydrogens is 395 g/mol. The molecule has 2 aromatic heterocycles. The van der Waals surface area contributed by atoms with E-state index in [0.717, 1.165) is 22.4 Å². The van der Waals surface area contributed by atoms with Crippen LogP contribution in [-0.2, 0) is 10.9 Å². The Kier molecular flexibility index (Phi) is 4.60. The molecule has 30 heavy (non-hydrogen) atoms. The Bertz CT molecular complexity index is 1280. The van der Waals surface area contributed by atoms with Crippen molar-refractivity contribution in [1.29, 1.82) is 0 Å². The summed E-state index contributed by atoms with van der Waals surface area (Å²) in [6.45, 7) is 7.27. The molecule has 2 heterocycles. The lowest BCUT2D eigenvalue weighted by Crippen LogP contribution is -2.16. The van der Waals surface area contributed by atoms with Gasteiger partial charge < -0.3 is 4.74 Å². The third-order valence-corrected chi connectivity index (χ3v) is 5.02. The summed E-state index contributed by atoms with van der Waals surface area (Å²) in [7, 11) is 0. The minimum atomic E-state index is -4.81. The van der Waals surface area contributed by atoms with Crippen LogP contribution >= 0.6 is 0 Å². The quantitative estimate of drug-likeness (QED) is 0.421. The van der Waals surface area contributed by atoms with Gasteiger partial charge in [-0.15, -0.1) is 0 Å². The minimum Gasteiger partial charge on any atom is -0.461 e. The summed E-state index contributed by atoms with van der Waals surface area (Å²) >= 11 is 0. The molecule has 4 rings (SSSR count). The fourth-order valence-electron chi connectivity index (χ4n) is 4.07. The number of aromatic nitrogens is 3. The van der Waals surface area contributed by atoms with Crippen LogP contribution in [0.1, 0.15) is 39.8 Å². The lowest BCUT2D eigenvalue weighted by atomic mass is 10.0. The number of nitrogens with zero attached hydrogens (tertiary/aromatic N) is 3. The summed E-state index contributed by atoms with van der Waals surface area (Å²) in [6, 6.07) is 10.9. The number of fused-ring (bicyclic) bond motifs is 3. The number of carbonyl (C=O) groups excluding carboxylic acids is 1. The van der Waals surface area contributed by atoms with Crippen molar-refractivity contribution in [2.45, 2.75) is 33.9 Å². The van der Waals surface area contributed by atoms with E-state index in [1.54, 1.807) is 35.8 Å². The highest BCUT2D eigenvalue weighted by Gasteiger charge is 2.42. The Morgan fingerprint density at radius 1 is 1.07 bits per heavy atom. The van der Waals surface area contributed by atoms with E-state index < -0.39 is 23.5 Å².